The van der Waals surface area contributed by atoms with Gasteiger partial charge in [-0.3, -0.25) is 9.59 Å². The van der Waals surface area contributed by atoms with Gasteiger partial charge in [0.25, 0.3) is 0 Å². The highest BCUT2D eigenvalue weighted by Crippen LogP contribution is 2.77. The fourth-order valence-corrected chi connectivity index (χ4v) is 11.7. The van der Waals surface area contributed by atoms with Gasteiger partial charge in [-0.1, -0.05) is 54.0 Å². The first-order valence-electron chi connectivity index (χ1n) is 15.4. The Labute approximate surface area is 230 Å². The highest BCUT2D eigenvalue weighted by Gasteiger charge is 2.70. The van der Waals surface area contributed by atoms with E-state index in [1.807, 2.05) is 0 Å². The van der Waals surface area contributed by atoms with E-state index >= 15 is 0 Å². The van der Waals surface area contributed by atoms with E-state index in [0.717, 1.165) is 50.5 Å². The molecule has 214 valence electrons. The van der Waals surface area contributed by atoms with Crippen LogP contribution < -0.4 is 5.73 Å². The summed E-state index contributed by atoms with van der Waals surface area (Å²) in [5.41, 5.74) is 8.34. The minimum Gasteiger partial charge on any atom is -0.462 e. The molecule has 0 radical (unpaired) electrons. The molecule has 0 spiro atoms. The molecular weight excluding hydrogens is 474 g/mol. The predicted octanol–water partition coefficient (Wildman–Crippen LogP) is 6.22. The normalized spacial score (nSPS) is 46.7. The number of aliphatic hydroxyl groups is 1. The third-order valence-electron chi connectivity index (χ3n) is 13.6. The monoisotopic (exact) mass is 527 g/mol. The van der Waals surface area contributed by atoms with Crippen LogP contribution in [0.15, 0.2) is 11.1 Å². The van der Waals surface area contributed by atoms with Crippen molar-refractivity contribution >= 4 is 11.8 Å². The lowest BCUT2D eigenvalue weighted by Gasteiger charge is -2.72. The molecule has 0 aromatic heterocycles. The van der Waals surface area contributed by atoms with Crippen LogP contribution in [0.3, 0.4) is 0 Å². The zero-order valence-electron chi connectivity index (χ0n) is 25.3. The van der Waals surface area contributed by atoms with Gasteiger partial charge >= 0.3 is 5.97 Å². The summed E-state index contributed by atoms with van der Waals surface area (Å²) in [6.45, 7) is 18.4. The molecule has 3 N–H and O–H groups in total. The third kappa shape index (κ3) is 3.49. The standard InChI is InChI=1S/C33H53NO4/c1-19(2)27-22(36)17-33(25(37)18-34)16-15-31(7)21(28(27)33)9-10-24-30(6)13-12-26(38-20(3)35)29(4,5)23(30)11-14-32(24,31)8/h19,21,23-26,37H,9-18,34H2,1-8H3/t21?,23?,24?,25?,26?,30-,31+,32+,33-/m0/s1. The van der Waals surface area contributed by atoms with Crippen LogP contribution in [-0.2, 0) is 14.3 Å². The fraction of sp³-hybridized carbons (Fsp3) is 0.879. The second kappa shape index (κ2) is 8.90. The molecule has 0 aromatic rings. The minimum absolute atomic E-state index is 0.00865. The minimum atomic E-state index is -0.654. The Morgan fingerprint density at radius 3 is 2.26 bits per heavy atom. The van der Waals surface area contributed by atoms with Crippen molar-refractivity contribution < 1.29 is 19.4 Å². The van der Waals surface area contributed by atoms with Crippen LogP contribution >= 0.6 is 0 Å². The van der Waals surface area contributed by atoms with Gasteiger partial charge in [-0.15, -0.1) is 0 Å². The average molecular weight is 528 g/mol. The van der Waals surface area contributed by atoms with E-state index in [2.05, 4.69) is 48.5 Å². The fourth-order valence-electron chi connectivity index (χ4n) is 11.7. The van der Waals surface area contributed by atoms with Crippen molar-refractivity contribution in [1.29, 1.82) is 0 Å². The van der Waals surface area contributed by atoms with Gasteiger partial charge in [0, 0.05) is 30.7 Å². The lowest BCUT2D eigenvalue weighted by molar-refractivity contribution is -0.234. The topological polar surface area (TPSA) is 89.6 Å². The van der Waals surface area contributed by atoms with Gasteiger partial charge in [0.05, 0.1) is 6.10 Å². The molecule has 0 bridgehead atoms. The molecule has 5 heteroatoms. The van der Waals surface area contributed by atoms with Crippen LogP contribution in [0.2, 0.25) is 0 Å². The molecule has 5 nitrogen and oxygen atoms in total. The Morgan fingerprint density at radius 2 is 1.66 bits per heavy atom. The van der Waals surface area contributed by atoms with Gasteiger partial charge in [-0.25, -0.2) is 0 Å². The Hall–Kier alpha value is -1.20. The highest BCUT2D eigenvalue weighted by atomic mass is 16.5. The number of hydrogen-bond donors (Lipinski definition) is 2. The maximum Gasteiger partial charge on any atom is 0.302 e. The summed E-state index contributed by atoms with van der Waals surface area (Å²) in [6.07, 6.45) is 8.30. The number of esters is 1. The first kappa shape index (κ1) is 28.3. The van der Waals surface area contributed by atoms with E-state index in [1.165, 1.54) is 12.0 Å². The first-order valence-corrected chi connectivity index (χ1v) is 15.4. The Balaban J connectivity index is 1.57. The number of carbonyl (C=O) groups is 2. The van der Waals surface area contributed by atoms with Crippen molar-refractivity contribution in [2.75, 3.05) is 6.54 Å². The Bertz CT molecular complexity index is 1050. The van der Waals surface area contributed by atoms with Crippen molar-refractivity contribution in [3.05, 3.63) is 11.1 Å². The summed E-state index contributed by atoms with van der Waals surface area (Å²) in [5, 5.41) is 11.3. The van der Waals surface area contributed by atoms with Crippen molar-refractivity contribution in [2.24, 2.45) is 56.5 Å². The van der Waals surface area contributed by atoms with Crippen LogP contribution in [0.1, 0.15) is 113 Å². The van der Waals surface area contributed by atoms with E-state index in [1.54, 1.807) is 6.92 Å². The van der Waals surface area contributed by atoms with Gasteiger partial charge in [-0.2, -0.15) is 0 Å². The van der Waals surface area contributed by atoms with Gasteiger partial charge in [-0.05, 0) is 96.9 Å². The number of allylic oxidation sites excluding steroid dienone is 1. The summed E-state index contributed by atoms with van der Waals surface area (Å²) in [7, 11) is 0. The lowest BCUT2D eigenvalue weighted by Crippen LogP contribution is -2.66. The van der Waals surface area contributed by atoms with Crippen molar-refractivity contribution in [3.8, 4) is 0 Å². The zero-order chi connectivity index (χ0) is 28.1. The van der Waals surface area contributed by atoms with E-state index < -0.39 is 11.5 Å². The number of ketones is 1. The van der Waals surface area contributed by atoms with Crippen molar-refractivity contribution in [1.82, 2.24) is 0 Å². The average Bonchev–Trinajstić information content (AvgIpc) is 3.14. The van der Waals surface area contributed by atoms with E-state index in [0.29, 0.717) is 24.2 Å². The van der Waals surface area contributed by atoms with E-state index in [9.17, 15) is 14.7 Å². The van der Waals surface area contributed by atoms with Crippen molar-refractivity contribution in [2.45, 2.75) is 125 Å². The number of ether oxygens (including phenoxy) is 1. The molecular formula is C33H53NO4. The number of aliphatic hydroxyl groups excluding tert-OH is 1. The smallest absolute Gasteiger partial charge is 0.302 e. The number of nitrogens with two attached hydrogens (primary N) is 1. The molecule has 4 saturated carbocycles. The Kier molecular flexibility index (Phi) is 6.63. The second-order valence-corrected chi connectivity index (χ2v) is 15.6. The number of carbonyl (C=O) groups excluding carboxylic acids is 2. The van der Waals surface area contributed by atoms with Gasteiger partial charge in [0.15, 0.2) is 5.78 Å². The summed E-state index contributed by atoms with van der Waals surface area (Å²) in [6, 6.07) is 0. The van der Waals surface area contributed by atoms with Gasteiger partial charge in [0.2, 0.25) is 0 Å². The molecule has 0 aliphatic heterocycles. The van der Waals surface area contributed by atoms with Crippen LogP contribution in [-0.4, -0.2) is 35.6 Å². The second-order valence-electron chi connectivity index (χ2n) is 15.6. The zero-order valence-corrected chi connectivity index (χ0v) is 25.3. The summed E-state index contributed by atoms with van der Waals surface area (Å²) >= 11 is 0. The maximum atomic E-state index is 13.5. The van der Waals surface area contributed by atoms with Crippen LogP contribution in [0, 0.1) is 50.7 Å². The molecule has 5 unspecified atom stereocenters. The molecule has 0 saturated heterocycles. The van der Waals surface area contributed by atoms with Gasteiger partial charge < -0.3 is 15.6 Å². The number of rotatable bonds is 4. The van der Waals surface area contributed by atoms with Crippen LogP contribution in [0.4, 0.5) is 0 Å². The van der Waals surface area contributed by atoms with E-state index in [4.69, 9.17) is 10.5 Å². The van der Waals surface area contributed by atoms with Gasteiger partial charge in [0.1, 0.15) is 6.10 Å². The number of hydrogen-bond acceptors (Lipinski definition) is 5. The molecule has 9 atom stereocenters. The van der Waals surface area contributed by atoms with Crippen LogP contribution in [0.5, 0.6) is 0 Å². The quantitative estimate of drug-likeness (QED) is 0.424. The molecule has 0 amide bonds. The molecule has 0 heterocycles. The first-order chi connectivity index (χ1) is 17.6. The Morgan fingerprint density at radius 1 is 0.974 bits per heavy atom. The molecule has 5 rings (SSSR count). The summed E-state index contributed by atoms with van der Waals surface area (Å²) in [4.78, 5) is 25.4. The predicted molar refractivity (Wildman–Crippen MR) is 150 cm³/mol. The molecule has 5 aliphatic rings. The van der Waals surface area contributed by atoms with E-state index in [-0.39, 0.29) is 52.0 Å². The molecule has 0 aromatic carbocycles. The summed E-state index contributed by atoms with van der Waals surface area (Å²) < 4.78 is 5.89. The molecule has 38 heavy (non-hydrogen) atoms. The lowest BCUT2D eigenvalue weighted by atomic mass is 9.33. The third-order valence-corrected chi connectivity index (χ3v) is 13.6. The highest BCUT2D eigenvalue weighted by molar-refractivity contribution is 6.00. The number of Topliss-reactive ketones (excluding diaryl/α,β-unsaturated/α-hetero) is 1. The van der Waals surface area contributed by atoms with Crippen LogP contribution in [0.25, 0.3) is 0 Å². The largest absolute Gasteiger partial charge is 0.462 e. The maximum absolute atomic E-state index is 13.5. The SMILES string of the molecule is CC(=O)OC1CC[C@@]2(C)C(CC[C@]3(C)C2CCC2C4=C(C(C)C)C(=O)C[C@]4(C(O)CN)CC[C@]23C)C1(C)C. The molecule has 4 fully saturated rings. The number of fused-ring (bicyclic) bond motifs is 7. The molecule has 5 aliphatic carbocycles. The van der Waals surface area contributed by atoms with Crippen molar-refractivity contribution in [3.63, 3.8) is 0 Å². The summed E-state index contributed by atoms with van der Waals surface area (Å²) in [5.74, 6) is 1.70.